The van der Waals surface area contributed by atoms with Gasteiger partial charge in [-0.05, 0) is 131 Å². The van der Waals surface area contributed by atoms with E-state index in [4.69, 9.17) is 5.11 Å². The summed E-state index contributed by atoms with van der Waals surface area (Å²) in [5, 5.41) is 25.2. The zero-order chi connectivity index (χ0) is 38.3. The minimum atomic E-state index is -1.01. The summed E-state index contributed by atoms with van der Waals surface area (Å²) in [6.07, 6.45) is 5.42. The van der Waals surface area contributed by atoms with E-state index < -0.39 is 17.4 Å². The summed E-state index contributed by atoms with van der Waals surface area (Å²) in [6.45, 7) is 7.30. The number of amides is 3. The summed E-state index contributed by atoms with van der Waals surface area (Å²) in [7, 11) is 0. The van der Waals surface area contributed by atoms with Crippen LogP contribution in [0.2, 0.25) is 0 Å². The maximum Gasteiger partial charge on any atom is 0.335 e. The first-order valence-corrected chi connectivity index (χ1v) is 18.8. The minimum absolute atomic E-state index is 0.0994. The van der Waals surface area contributed by atoms with Crippen molar-refractivity contribution in [2.75, 3.05) is 10.6 Å². The van der Waals surface area contributed by atoms with Crippen LogP contribution < -0.4 is 10.6 Å². The van der Waals surface area contributed by atoms with E-state index in [1.54, 1.807) is 49.1 Å². The van der Waals surface area contributed by atoms with Crippen molar-refractivity contribution < 1.29 is 34.2 Å². The predicted molar refractivity (Wildman–Crippen MR) is 207 cm³/mol. The fourth-order valence-electron chi connectivity index (χ4n) is 6.36. The van der Waals surface area contributed by atoms with Gasteiger partial charge in [-0.15, -0.1) is 11.3 Å². The molecule has 1 heterocycles. The maximum absolute atomic E-state index is 13.8. The van der Waals surface area contributed by atoms with Crippen molar-refractivity contribution in [3.8, 4) is 0 Å². The number of thiophene rings is 1. The van der Waals surface area contributed by atoms with E-state index in [9.17, 15) is 29.1 Å². The van der Waals surface area contributed by atoms with Crippen LogP contribution in [0.5, 0.6) is 0 Å². The SMILES string of the molecule is CC(C)N(Cc1cccc(C(=O)Nc2sc3c(c2C(=O)Nc2ccc(CCc4ccc(C(=O)O)cc4)cc2)CCCC3)c1)C(=O)CCC(C)(C)C(=O)O. The fourth-order valence-corrected chi connectivity index (χ4v) is 7.64. The number of carbonyl (C=O) groups excluding carboxylic acids is 3. The highest BCUT2D eigenvalue weighted by atomic mass is 32.1. The lowest BCUT2D eigenvalue weighted by atomic mass is 9.88. The average molecular weight is 738 g/mol. The molecule has 0 aliphatic heterocycles. The van der Waals surface area contributed by atoms with Gasteiger partial charge in [0.1, 0.15) is 5.00 Å². The summed E-state index contributed by atoms with van der Waals surface area (Å²) in [5.74, 6) is -2.68. The smallest absolute Gasteiger partial charge is 0.335 e. The van der Waals surface area contributed by atoms with Gasteiger partial charge in [0, 0.05) is 35.1 Å². The predicted octanol–water partition coefficient (Wildman–Crippen LogP) is 8.24. The van der Waals surface area contributed by atoms with Crippen molar-refractivity contribution in [2.24, 2.45) is 5.41 Å². The van der Waals surface area contributed by atoms with Crippen LogP contribution in [0.1, 0.15) is 112 Å². The van der Waals surface area contributed by atoms with E-state index in [0.717, 1.165) is 65.7 Å². The summed E-state index contributed by atoms with van der Waals surface area (Å²) < 4.78 is 0. The number of nitrogens with one attached hydrogen (secondary N) is 2. The molecule has 4 N–H and O–H groups in total. The van der Waals surface area contributed by atoms with E-state index in [1.807, 2.05) is 56.3 Å². The third-order valence-corrected chi connectivity index (χ3v) is 11.0. The maximum atomic E-state index is 13.8. The number of aliphatic carboxylic acids is 1. The van der Waals surface area contributed by atoms with Crippen LogP contribution in [-0.2, 0) is 41.8 Å². The van der Waals surface area contributed by atoms with Gasteiger partial charge >= 0.3 is 11.9 Å². The molecule has 0 unspecified atom stereocenters. The van der Waals surface area contributed by atoms with Crippen LogP contribution in [0.15, 0.2) is 72.8 Å². The number of carboxylic acids is 2. The van der Waals surface area contributed by atoms with E-state index in [1.165, 1.54) is 11.3 Å². The fraction of sp³-hybridized carbons (Fsp3) is 0.357. The number of rotatable bonds is 15. The molecule has 3 aromatic carbocycles. The zero-order valence-electron chi connectivity index (χ0n) is 30.7. The molecule has 1 aliphatic carbocycles. The number of carbonyl (C=O) groups is 5. The number of aryl methyl sites for hydroxylation is 3. The van der Waals surface area contributed by atoms with Gasteiger partial charge in [0.25, 0.3) is 11.8 Å². The van der Waals surface area contributed by atoms with Gasteiger partial charge in [0.05, 0.1) is 16.5 Å². The van der Waals surface area contributed by atoms with Crippen molar-refractivity contribution in [2.45, 2.75) is 91.6 Å². The third-order valence-electron chi connectivity index (χ3n) is 9.77. The number of hydrogen-bond donors (Lipinski definition) is 4. The van der Waals surface area contributed by atoms with Gasteiger partial charge in [-0.1, -0.05) is 36.4 Å². The Kier molecular flexibility index (Phi) is 12.5. The molecule has 0 saturated carbocycles. The molecule has 0 spiro atoms. The molecule has 0 radical (unpaired) electrons. The number of nitrogens with zero attached hydrogens (tertiary/aromatic N) is 1. The summed E-state index contributed by atoms with van der Waals surface area (Å²) in [6, 6.07) is 21.5. The molecule has 278 valence electrons. The van der Waals surface area contributed by atoms with Crippen LogP contribution in [-0.4, -0.2) is 50.8 Å². The number of anilines is 2. The van der Waals surface area contributed by atoms with Gasteiger partial charge < -0.3 is 25.7 Å². The van der Waals surface area contributed by atoms with Gasteiger partial charge in [-0.3, -0.25) is 19.2 Å². The second-order valence-corrected chi connectivity index (χ2v) is 15.6. The number of aromatic carboxylic acids is 1. The Balaban J connectivity index is 1.26. The number of fused-ring (bicyclic) bond motifs is 1. The van der Waals surface area contributed by atoms with Crippen LogP contribution in [0.4, 0.5) is 10.7 Å². The molecule has 1 aliphatic rings. The molecule has 0 fully saturated rings. The highest BCUT2D eigenvalue weighted by Gasteiger charge is 2.30. The van der Waals surface area contributed by atoms with Crippen LogP contribution in [0.25, 0.3) is 0 Å². The summed E-state index contributed by atoms with van der Waals surface area (Å²) in [4.78, 5) is 66.2. The topological polar surface area (TPSA) is 153 Å². The lowest BCUT2D eigenvalue weighted by Crippen LogP contribution is -2.37. The average Bonchev–Trinajstić information content (AvgIpc) is 3.50. The van der Waals surface area contributed by atoms with Crippen molar-refractivity contribution >= 4 is 51.7 Å². The lowest BCUT2D eigenvalue weighted by molar-refractivity contribution is -0.147. The van der Waals surface area contributed by atoms with E-state index in [2.05, 4.69) is 10.6 Å². The lowest BCUT2D eigenvalue weighted by Gasteiger charge is -2.28. The molecule has 5 rings (SSSR count). The molecule has 3 amide bonds. The Morgan fingerprint density at radius 1 is 0.792 bits per heavy atom. The minimum Gasteiger partial charge on any atom is -0.481 e. The molecule has 0 bridgehead atoms. The summed E-state index contributed by atoms with van der Waals surface area (Å²) >= 11 is 1.45. The molecule has 4 aromatic rings. The van der Waals surface area contributed by atoms with Crippen LogP contribution in [0, 0.1) is 5.41 Å². The van der Waals surface area contributed by atoms with Crippen LogP contribution >= 0.6 is 11.3 Å². The number of benzene rings is 3. The highest BCUT2D eigenvalue weighted by molar-refractivity contribution is 7.17. The third kappa shape index (κ3) is 9.98. The molecule has 11 heteroatoms. The Morgan fingerprint density at radius 2 is 1.43 bits per heavy atom. The molecule has 1 aromatic heterocycles. The van der Waals surface area contributed by atoms with Crippen molar-refractivity contribution in [1.82, 2.24) is 4.90 Å². The Bertz CT molecular complexity index is 1980. The van der Waals surface area contributed by atoms with Crippen molar-refractivity contribution in [3.63, 3.8) is 0 Å². The van der Waals surface area contributed by atoms with Gasteiger partial charge in [-0.2, -0.15) is 0 Å². The quantitative estimate of drug-likeness (QED) is 0.0959. The Morgan fingerprint density at radius 3 is 2.06 bits per heavy atom. The highest BCUT2D eigenvalue weighted by Crippen LogP contribution is 2.39. The number of carboxylic acid groups (broad SMARTS) is 2. The standard InChI is InChI=1S/C42H47N3O7S/c1-26(2)45(35(46)22-23-42(3,4)41(51)52)25-29-8-7-9-31(24-29)37(47)44-39-36(33-10-5-6-11-34(33)53-39)38(48)43-32-20-16-28(17-21-32)13-12-27-14-18-30(19-15-27)40(49)50/h7-9,14-21,24,26H,5-6,10-13,22-23,25H2,1-4H3,(H,43,48)(H,44,47)(H,49,50)(H,51,52). The van der Waals surface area contributed by atoms with E-state index in [0.29, 0.717) is 21.8 Å². The van der Waals surface area contributed by atoms with Crippen molar-refractivity contribution in [1.29, 1.82) is 0 Å². The molecule has 0 saturated heterocycles. The normalized spacial score (nSPS) is 12.5. The second kappa shape index (κ2) is 17.0. The second-order valence-electron chi connectivity index (χ2n) is 14.5. The van der Waals surface area contributed by atoms with Crippen LogP contribution in [0.3, 0.4) is 0 Å². The first-order valence-electron chi connectivity index (χ1n) is 18.0. The first-order chi connectivity index (χ1) is 25.2. The largest absolute Gasteiger partial charge is 0.481 e. The monoisotopic (exact) mass is 737 g/mol. The first kappa shape index (κ1) is 38.9. The zero-order valence-corrected chi connectivity index (χ0v) is 31.5. The molecule has 10 nitrogen and oxygen atoms in total. The van der Waals surface area contributed by atoms with E-state index >= 15 is 0 Å². The van der Waals surface area contributed by atoms with Gasteiger partial charge in [-0.25, -0.2) is 4.79 Å². The Hall–Kier alpha value is -5.29. The molecular weight excluding hydrogens is 691 g/mol. The molecule has 53 heavy (non-hydrogen) atoms. The molecular formula is C42H47N3O7S. The van der Waals surface area contributed by atoms with Crippen molar-refractivity contribution in [3.05, 3.63) is 117 Å². The Labute approximate surface area is 314 Å². The van der Waals surface area contributed by atoms with Gasteiger partial charge in [0.2, 0.25) is 5.91 Å². The van der Waals surface area contributed by atoms with Gasteiger partial charge in [0.15, 0.2) is 0 Å². The molecule has 0 atom stereocenters. The van der Waals surface area contributed by atoms with E-state index in [-0.39, 0.29) is 48.7 Å². The number of hydrogen-bond acceptors (Lipinski definition) is 6. The summed E-state index contributed by atoms with van der Waals surface area (Å²) in [5.41, 5.74) is 4.63.